The van der Waals surface area contributed by atoms with Gasteiger partial charge in [-0.1, -0.05) is 0 Å². The minimum Gasteiger partial charge on any atom is -0.497 e. The Hall–Kier alpha value is -3.52. The van der Waals surface area contributed by atoms with Crippen LogP contribution in [0.2, 0.25) is 0 Å². The van der Waals surface area contributed by atoms with E-state index in [-0.39, 0.29) is 18.2 Å². The highest BCUT2D eigenvalue weighted by Gasteiger charge is 2.44. The minimum atomic E-state index is -0.497. The molecule has 0 bridgehead atoms. The molecular formula is C24H25N3O5. The molecule has 166 valence electrons. The number of ether oxygens (including phenoxy) is 3. The zero-order valence-corrected chi connectivity index (χ0v) is 18.3. The van der Waals surface area contributed by atoms with Gasteiger partial charge in [0.2, 0.25) is 5.91 Å². The number of imide groups is 1. The average Bonchev–Trinajstić information content (AvgIpc) is 3.33. The number of amides is 2. The normalized spacial score (nSPS) is 18.8. The first-order chi connectivity index (χ1) is 15.5. The summed E-state index contributed by atoms with van der Waals surface area (Å²) in [6.07, 6.45) is 0.948. The third-order valence-corrected chi connectivity index (χ3v) is 6.40. The summed E-state index contributed by atoms with van der Waals surface area (Å²) in [7, 11) is 4.73. The maximum Gasteiger partial charge on any atom is 0.251 e. The second kappa shape index (κ2) is 7.87. The molecule has 1 atom stereocenters. The molecule has 32 heavy (non-hydrogen) atoms. The zero-order chi connectivity index (χ0) is 22.4. The van der Waals surface area contributed by atoms with Gasteiger partial charge in [0.05, 0.1) is 39.5 Å². The van der Waals surface area contributed by atoms with Crippen molar-refractivity contribution in [2.45, 2.75) is 25.4 Å². The molecule has 3 aromatic rings. The van der Waals surface area contributed by atoms with Gasteiger partial charge >= 0.3 is 0 Å². The molecule has 0 saturated carbocycles. The number of anilines is 1. The molecule has 2 amide bonds. The van der Waals surface area contributed by atoms with Gasteiger partial charge in [-0.25, -0.2) is 4.90 Å². The Labute approximate surface area is 185 Å². The van der Waals surface area contributed by atoms with Crippen molar-refractivity contribution in [1.82, 2.24) is 9.88 Å². The first-order valence-corrected chi connectivity index (χ1v) is 10.5. The van der Waals surface area contributed by atoms with E-state index in [4.69, 9.17) is 14.2 Å². The average molecular weight is 435 g/mol. The van der Waals surface area contributed by atoms with Crippen LogP contribution in [0.5, 0.6) is 17.2 Å². The number of fused-ring (bicyclic) bond motifs is 3. The van der Waals surface area contributed by atoms with E-state index >= 15 is 0 Å². The maximum atomic E-state index is 13.4. The topological polar surface area (TPSA) is 84.1 Å². The SMILES string of the molecule is COc1ccc(N2C(=O)CC(N3CCc4c([nH]c5ccc(OC)cc45)C3)C2=O)c(OC)c1. The Kier molecular flexibility index (Phi) is 5.01. The molecule has 8 heteroatoms. The number of carbonyl (C=O) groups excluding carboxylic acids is 2. The van der Waals surface area contributed by atoms with Gasteiger partial charge in [0.15, 0.2) is 0 Å². The van der Waals surface area contributed by atoms with E-state index in [9.17, 15) is 9.59 Å². The third-order valence-electron chi connectivity index (χ3n) is 6.40. The molecule has 2 aliphatic rings. The number of methoxy groups -OCH3 is 3. The number of hydrogen-bond acceptors (Lipinski definition) is 6. The number of hydrogen-bond donors (Lipinski definition) is 1. The molecule has 2 aromatic carbocycles. The van der Waals surface area contributed by atoms with Crippen LogP contribution in [0.4, 0.5) is 5.69 Å². The maximum absolute atomic E-state index is 13.4. The summed E-state index contributed by atoms with van der Waals surface area (Å²) in [5.74, 6) is 1.40. The van der Waals surface area contributed by atoms with Gasteiger partial charge in [-0.05, 0) is 42.3 Å². The first kappa shape index (κ1) is 20.4. The molecule has 1 unspecified atom stereocenters. The van der Waals surface area contributed by atoms with Crippen LogP contribution in [0, 0.1) is 0 Å². The lowest BCUT2D eigenvalue weighted by Gasteiger charge is -2.31. The highest BCUT2D eigenvalue weighted by molar-refractivity contribution is 6.23. The number of aromatic amines is 1. The number of H-pyrrole nitrogens is 1. The standard InChI is InChI=1S/C24H25N3O5/c1-30-14-4-6-18-17(10-14)16-8-9-26(13-19(16)25-18)21-12-23(28)27(24(21)29)20-7-5-15(31-2)11-22(20)32-3/h4-7,10-11,21,25H,8-9,12-13H2,1-3H3. The van der Waals surface area contributed by atoms with E-state index in [1.807, 2.05) is 18.2 Å². The molecule has 1 fully saturated rings. The summed E-state index contributed by atoms with van der Waals surface area (Å²) in [4.78, 5) is 33.1. The van der Waals surface area contributed by atoms with Gasteiger partial charge in [-0.2, -0.15) is 0 Å². The summed E-state index contributed by atoms with van der Waals surface area (Å²) in [5, 5.41) is 1.15. The molecule has 1 saturated heterocycles. The first-order valence-electron chi connectivity index (χ1n) is 10.5. The monoisotopic (exact) mass is 435 g/mol. The van der Waals surface area contributed by atoms with Crippen LogP contribution in [-0.2, 0) is 22.6 Å². The van der Waals surface area contributed by atoms with Crippen molar-refractivity contribution in [3.8, 4) is 17.2 Å². The van der Waals surface area contributed by atoms with Gasteiger partial charge in [0.25, 0.3) is 5.91 Å². The molecule has 8 nitrogen and oxygen atoms in total. The van der Waals surface area contributed by atoms with Crippen molar-refractivity contribution in [1.29, 1.82) is 0 Å². The van der Waals surface area contributed by atoms with Crippen molar-refractivity contribution < 1.29 is 23.8 Å². The molecule has 0 radical (unpaired) electrons. The molecule has 3 heterocycles. The summed E-state index contributed by atoms with van der Waals surface area (Å²) in [6.45, 7) is 1.29. The molecular weight excluding hydrogens is 410 g/mol. The smallest absolute Gasteiger partial charge is 0.251 e. The number of nitrogens with zero attached hydrogens (tertiary/aromatic N) is 2. The molecule has 2 aliphatic heterocycles. The highest BCUT2D eigenvalue weighted by Crippen LogP contribution is 2.37. The van der Waals surface area contributed by atoms with Crippen LogP contribution < -0.4 is 19.1 Å². The van der Waals surface area contributed by atoms with Crippen molar-refractivity contribution in [2.75, 3.05) is 32.8 Å². The third kappa shape index (κ3) is 3.18. The van der Waals surface area contributed by atoms with Crippen molar-refractivity contribution in [3.63, 3.8) is 0 Å². The van der Waals surface area contributed by atoms with E-state index in [2.05, 4.69) is 9.88 Å². The summed E-state index contributed by atoms with van der Waals surface area (Å²) < 4.78 is 16.0. The Bertz CT molecular complexity index is 1220. The van der Waals surface area contributed by atoms with Crippen LogP contribution in [0.1, 0.15) is 17.7 Å². The van der Waals surface area contributed by atoms with Crippen LogP contribution in [0.25, 0.3) is 10.9 Å². The second-order valence-corrected chi connectivity index (χ2v) is 8.04. The van der Waals surface area contributed by atoms with Crippen molar-refractivity contribution in [3.05, 3.63) is 47.7 Å². The fourth-order valence-electron chi connectivity index (χ4n) is 4.76. The highest BCUT2D eigenvalue weighted by atomic mass is 16.5. The summed E-state index contributed by atoms with van der Waals surface area (Å²) >= 11 is 0. The van der Waals surface area contributed by atoms with Crippen LogP contribution in [-0.4, -0.2) is 55.6 Å². The fourth-order valence-corrected chi connectivity index (χ4v) is 4.76. The second-order valence-electron chi connectivity index (χ2n) is 8.04. The van der Waals surface area contributed by atoms with E-state index in [0.29, 0.717) is 30.3 Å². The van der Waals surface area contributed by atoms with E-state index in [0.717, 1.165) is 28.8 Å². The lowest BCUT2D eigenvalue weighted by molar-refractivity contribution is -0.123. The minimum absolute atomic E-state index is 0.150. The Morgan fingerprint density at radius 2 is 1.72 bits per heavy atom. The largest absolute Gasteiger partial charge is 0.497 e. The van der Waals surface area contributed by atoms with Gasteiger partial charge in [-0.3, -0.25) is 14.5 Å². The number of benzene rings is 2. The lowest BCUT2D eigenvalue weighted by atomic mass is 10.0. The van der Waals surface area contributed by atoms with Crippen LogP contribution in [0.3, 0.4) is 0 Å². The lowest BCUT2D eigenvalue weighted by Crippen LogP contribution is -2.44. The summed E-state index contributed by atoms with van der Waals surface area (Å²) in [6, 6.07) is 10.6. The molecule has 1 N–H and O–H groups in total. The van der Waals surface area contributed by atoms with Crippen LogP contribution in [0.15, 0.2) is 36.4 Å². The fraction of sp³-hybridized carbons (Fsp3) is 0.333. The number of nitrogens with one attached hydrogen (secondary N) is 1. The quantitative estimate of drug-likeness (QED) is 0.621. The number of rotatable bonds is 5. The predicted molar refractivity (Wildman–Crippen MR) is 119 cm³/mol. The van der Waals surface area contributed by atoms with Gasteiger partial charge in [-0.15, -0.1) is 0 Å². The molecule has 0 spiro atoms. The van der Waals surface area contributed by atoms with Gasteiger partial charge in [0.1, 0.15) is 17.2 Å². The molecule has 5 rings (SSSR count). The Balaban J connectivity index is 1.41. The van der Waals surface area contributed by atoms with Crippen LogP contribution >= 0.6 is 0 Å². The van der Waals surface area contributed by atoms with E-state index in [1.54, 1.807) is 32.4 Å². The van der Waals surface area contributed by atoms with Gasteiger partial charge in [0, 0.05) is 35.8 Å². The predicted octanol–water partition coefficient (Wildman–Crippen LogP) is 2.88. The van der Waals surface area contributed by atoms with Crippen molar-refractivity contribution in [2.24, 2.45) is 0 Å². The molecule has 1 aromatic heterocycles. The summed E-state index contributed by atoms with van der Waals surface area (Å²) in [5.41, 5.74) is 3.83. The Morgan fingerprint density at radius 3 is 2.47 bits per heavy atom. The molecule has 0 aliphatic carbocycles. The number of aromatic nitrogens is 1. The number of carbonyl (C=O) groups is 2. The van der Waals surface area contributed by atoms with E-state index < -0.39 is 6.04 Å². The Morgan fingerprint density at radius 1 is 0.969 bits per heavy atom. The zero-order valence-electron chi connectivity index (χ0n) is 18.3. The van der Waals surface area contributed by atoms with E-state index in [1.165, 1.54) is 17.6 Å². The van der Waals surface area contributed by atoms with Crippen molar-refractivity contribution >= 4 is 28.4 Å². The van der Waals surface area contributed by atoms with Gasteiger partial charge < -0.3 is 19.2 Å².